The van der Waals surface area contributed by atoms with Gasteiger partial charge in [-0.3, -0.25) is 0 Å². The molecule has 0 amide bonds. The van der Waals surface area contributed by atoms with E-state index in [-0.39, 0.29) is 0 Å². The molecule has 1 aliphatic rings. The van der Waals surface area contributed by atoms with E-state index in [0.717, 1.165) is 13.1 Å². The third-order valence-electron chi connectivity index (χ3n) is 3.51. The molecule has 1 rings (SSSR count). The first-order valence-corrected chi connectivity index (χ1v) is 6.16. The zero-order chi connectivity index (χ0) is 11.3. The number of rotatable bonds is 6. The van der Waals surface area contributed by atoms with Crippen LogP contribution in [0, 0.1) is 0 Å². The molecule has 0 aromatic heterocycles. The lowest BCUT2D eigenvalue weighted by Gasteiger charge is -2.33. The van der Waals surface area contributed by atoms with Gasteiger partial charge in [-0.25, -0.2) is 0 Å². The highest BCUT2D eigenvalue weighted by Gasteiger charge is 2.32. The molecule has 0 spiro atoms. The summed E-state index contributed by atoms with van der Waals surface area (Å²) in [4.78, 5) is 4.71. The van der Waals surface area contributed by atoms with Crippen LogP contribution < -0.4 is 5.32 Å². The fraction of sp³-hybridized carbons (Fsp3) is 1.00. The molecule has 0 aromatic carbocycles. The summed E-state index contributed by atoms with van der Waals surface area (Å²) in [5.41, 5.74) is 0.404. The monoisotopic (exact) mass is 213 g/mol. The van der Waals surface area contributed by atoms with Crippen LogP contribution in [0.25, 0.3) is 0 Å². The second-order valence-electron chi connectivity index (χ2n) is 5.21. The van der Waals surface area contributed by atoms with Crippen LogP contribution >= 0.6 is 0 Å². The average Bonchev–Trinajstić information content (AvgIpc) is 2.64. The molecule has 1 aliphatic heterocycles. The van der Waals surface area contributed by atoms with Gasteiger partial charge in [-0.05, 0) is 47.0 Å². The molecule has 1 heterocycles. The first kappa shape index (κ1) is 12.9. The van der Waals surface area contributed by atoms with E-state index >= 15 is 0 Å². The van der Waals surface area contributed by atoms with Crippen molar-refractivity contribution >= 4 is 0 Å². The van der Waals surface area contributed by atoms with Crippen LogP contribution in [-0.4, -0.2) is 62.7 Å². The van der Waals surface area contributed by atoms with Crippen LogP contribution in [0.15, 0.2) is 0 Å². The molecule has 0 radical (unpaired) electrons. The Morgan fingerprint density at radius 3 is 2.40 bits per heavy atom. The number of hydrogen-bond acceptors (Lipinski definition) is 3. The topological polar surface area (TPSA) is 18.5 Å². The van der Waals surface area contributed by atoms with Gasteiger partial charge in [-0.2, -0.15) is 0 Å². The van der Waals surface area contributed by atoms with Crippen LogP contribution in [0.1, 0.15) is 26.2 Å². The largest absolute Gasteiger partial charge is 0.310 e. The van der Waals surface area contributed by atoms with Crippen molar-refractivity contribution in [1.29, 1.82) is 0 Å². The molecule has 0 saturated carbocycles. The van der Waals surface area contributed by atoms with Crippen molar-refractivity contribution in [3.05, 3.63) is 0 Å². The summed E-state index contributed by atoms with van der Waals surface area (Å²) in [6, 6.07) is 0. The average molecular weight is 213 g/mol. The van der Waals surface area contributed by atoms with E-state index in [0.29, 0.717) is 5.54 Å². The molecule has 3 nitrogen and oxygen atoms in total. The summed E-state index contributed by atoms with van der Waals surface area (Å²) in [6.07, 6.45) is 3.93. The van der Waals surface area contributed by atoms with Crippen molar-refractivity contribution in [3.63, 3.8) is 0 Å². The first-order valence-electron chi connectivity index (χ1n) is 6.16. The Labute approximate surface area is 94.8 Å². The lowest BCUT2D eigenvalue weighted by molar-refractivity contribution is 0.204. The van der Waals surface area contributed by atoms with Crippen LogP contribution in [-0.2, 0) is 0 Å². The highest BCUT2D eigenvalue weighted by atomic mass is 15.2. The molecule has 15 heavy (non-hydrogen) atoms. The smallest absolute Gasteiger partial charge is 0.0306 e. The highest BCUT2D eigenvalue weighted by molar-refractivity contribution is 4.93. The molecule has 1 saturated heterocycles. The summed E-state index contributed by atoms with van der Waals surface area (Å²) >= 11 is 0. The van der Waals surface area contributed by atoms with Gasteiger partial charge < -0.3 is 15.1 Å². The first-order chi connectivity index (χ1) is 7.08. The molecule has 0 aromatic rings. The molecule has 1 unspecified atom stereocenters. The summed E-state index contributed by atoms with van der Waals surface area (Å²) in [7, 11) is 6.51. The van der Waals surface area contributed by atoms with Crippen molar-refractivity contribution < 1.29 is 0 Å². The SMILES string of the molecule is CCC1(CN(C)CCN(C)C)CCCN1. The Hall–Kier alpha value is -0.120. The zero-order valence-electron chi connectivity index (χ0n) is 10.8. The van der Waals surface area contributed by atoms with Gasteiger partial charge in [0.2, 0.25) is 0 Å². The number of likely N-dealkylation sites (N-methyl/N-ethyl adjacent to an activating group) is 2. The highest BCUT2D eigenvalue weighted by Crippen LogP contribution is 2.23. The van der Waals surface area contributed by atoms with E-state index in [1.165, 1.54) is 32.4 Å². The van der Waals surface area contributed by atoms with Gasteiger partial charge in [0.25, 0.3) is 0 Å². The lowest BCUT2D eigenvalue weighted by atomic mass is 9.93. The van der Waals surface area contributed by atoms with Crippen LogP contribution in [0.2, 0.25) is 0 Å². The van der Waals surface area contributed by atoms with Gasteiger partial charge in [-0.1, -0.05) is 6.92 Å². The zero-order valence-corrected chi connectivity index (χ0v) is 10.8. The van der Waals surface area contributed by atoms with Gasteiger partial charge in [-0.15, -0.1) is 0 Å². The Kier molecular flexibility index (Phi) is 5.03. The molecule has 1 N–H and O–H groups in total. The van der Waals surface area contributed by atoms with Gasteiger partial charge in [0.15, 0.2) is 0 Å². The van der Waals surface area contributed by atoms with Gasteiger partial charge in [0.05, 0.1) is 0 Å². The van der Waals surface area contributed by atoms with Crippen molar-refractivity contribution in [3.8, 4) is 0 Å². The maximum absolute atomic E-state index is 3.68. The van der Waals surface area contributed by atoms with Crippen molar-refractivity contribution in [2.24, 2.45) is 0 Å². The van der Waals surface area contributed by atoms with Crippen molar-refractivity contribution in [2.45, 2.75) is 31.7 Å². The Morgan fingerprint density at radius 2 is 1.93 bits per heavy atom. The number of hydrogen-bond donors (Lipinski definition) is 1. The van der Waals surface area contributed by atoms with Crippen molar-refractivity contribution in [1.82, 2.24) is 15.1 Å². The maximum Gasteiger partial charge on any atom is 0.0306 e. The second-order valence-corrected chi connectivity index (χ2v) is 5.21. The number of nitrogens with one attached hydrogen (secondary N) is 1. The molecule has 3 heteroatoms. The van der Waals surface area contributed by atoms with E-state index in [9.17, 15) is 0 Å². The van der Waals surface area contributed by atoms with E-state index in [2.05, 4.69) is 43.2 Å². The molecule has 1 atom stereocenters. The quantitative estimate of drug-likeness (QED) is 0.710. The molecular formula is C12H27N3. The predicted molar refractivity (Wildman–Crippen MR) is 66.3 cm³/mol. The minimum absolute atomic E-state index is 0.404. The molecular weight excluding hydrogens is 186 g/mol. The van der Waals surface area contributed by atoms with Gasteiger partial charge in [0, 0.05) is 25.2 Å². The van der Waals surface area contributed by atoms with Gasteiger partial charge >= 0.3 is 0 Å². The number of nitrogens with zero attached hydrogens (tertiary/aromatic N) is 2. The van der Waals surface area contributed by atoms with Gasteiger partial charge in [0.1, 0.15) is 0 Å². The molecule has 0 bridgehead atoms. The standard InChI is InChI=1S/C12H27N3/c1-5-12(7-6-8-13-12)11-15(4)10-9-14(2)3/h13H,5-11H2,1-4H3. The van der Waals surface area contributed by atoms with Crippen molar-refractivity contribution in [2.75, 3.05) is 47.3 Å². The fourth-order valence-electron chi connectivity index (χ4n) is 2.38. The maximum atomic E-state index is 3.68. The minimum Gasteiger partial charge on any atom is -0.310 e. The lowest BCUT2D eigenvalue weighted by Crippen LogP contribution is -2.49. The minimum atomic E-state index is 0.404. The predicted octanol–water partition coefficient (Wildman–Crippen LogP) is 1.01. The van der Waals surface area contributed by atoms with E-state index in [1.807, 2.05) is 0 Å². The summed E-state index contributed by atoms with van der Waals surface area (Å²) in [5.74, 6) is 0. The Bertz CT molecular complexity index is 174. The third-order valence-corrected chi connectivity index (χ3v) is 3.51. The van der Waals surface area contributed by atoms with Crippen LogP contribution in [0.5, 0.6) is 0 Å². The molecule has 1 fully saturated rings. The Balaban J connectivity index is 2.31. The van der Waals surface area contributed by atoms with Crippen LogP contribution in [0.3, 0.4) is 0 Å². The summed E-state index contributed by atoms with van der Waals surface area (Å²) < 4.78 is 0. The van der Waals surface area contributed by atoms with E-state index in [1.54, 1.807) is 0 Å². The third kappa shape index (κ3) is 4.09. The molecule has 90 valence electrons. The van der Waals surface area contributed by atoms with E-state index in [4.69, 9.17) is 0 Å². The Morgan fingerprint density at radius 1 is 1.20 bits per heavy atom. The van der Waals surface area contributed by atoms with Crippen LogP contribution in [0.4, 0.5) is 0 Å². The fourth-order valence-corrected chi connectivity index (χ4v) is 2.38. The second kappa shape index (κ2) is 5.83. The normalized spacial score (nSPS) is 26.8. The summed E-state index contributed by atoms with van der Waals surface area (Å²) in [5, 5.41) is 3.68. The summed E-state index contributed by atoms with van der Waals surface area (Å²) in [6.45, 7) is 7.01. The molecule has 0 aliphatic carbocycles. The van der Waals surface area contributed by atoms with E-state index < -0.39 is 0 Å².